The molecule has 0 bridgehead atoms. The van der Waals surface area contributed by atoms with Crippen molar-refractivity contribution in [1.29, 1.82) is 0 Å². The van der Waals surface area contributed by atoms with Crippen LogP contribution in [-0.2, 0) is 0 Å². The molecule has 0 aromatic rings. The molecule has 0 nitrogen and oxygen atoms in total. The highest BCUT2D eigenvalue weighted by molar-refractivity contribution is 7.49. The predicted molar refractivity (Wildman–Crippen MR) is 52.8 cm³/mol. The largest absolute Gasteiger partial charge is 0.147 e. The monoisotopic (exact) mass is 188 g/mol. The highest BCUT2D eigenvalue weighted by Gasteiger charge is 1.72. The average molecular weight is 189 g/mol. The zero-order valence-electron chi connectivity index (χ0n) is 4.53. The molecule has 40 valence electrons. The van der Waals surface area contributed by atoms with E-state index in [1.807, 2.05) is 0 Å². The lowest BCUT2D eigenvalue weighted by Crippen LogP contribution is -2.11. The van der Waals surface area contributed by atoms with Gasteiger partial charge in [0.2, 0.25) is 0 Å². The van der Waals surface area contributed by atoms with Crippen LogP contribution in [0.15, 0.2) is 0 Å². The molecule has 0 atom stereocenters. The second-order valence-electron chi connectivity index (χ2n) is 1.35. The Labute approximate surface area is 57.7 Å². The lowest BCUT2D eigenvalue weighted by atomic mass is 26.4. The molecule has 6 heteroatoms. The first-order valence-electron chi connectivity index (χ1n) is 2.41. The van der Waals surface area contributed by atoms with Gasteiger partial charge in [0.1, 0.15) is 0 Å². The molecule has 0 fully saturated rings. The van der Waals surface area contributed by atoms with Gasteiger partial charge in [-0.25, -0.2) is 0 Å². The highest BCUT2D eigenvalue weighted by Crippen LogP contribution is 1.35. The molecule has 0 rings (SSSR count). The first-order chi connectivity index (χ1) is 2.41. The van der Waals surface area contributed by atoms with Crippen molar-refractivity contribution in [2.45, 2.75) is 0 Å². The summed E-state index contributed by atoms with van der Waals surface area (Å²) < 4.78 is 0. The maximum Gasteiger partial charge on any atom is -0.00943 e. The zero-order chi connectivity index (χ0) is 4.12. The van der Waals surface area contributed by atoms with E-state index in [0.717, 1.165) is 25.7 Å². The fraction of sp³-hybridized carbons (Fsp3) is 0. The lowest BCUT2D eigenvalue weighted by Gasteiger charge is -1.74. The zero-order valence-corrected chi connectivity index (χ0v) is 13.6. The average Bonchev–Trinajstić information content (AvgIpc) is 1.41. The van der Waals surface area contributed by atoms with Crippen molar-refractivity contribution in [2.24, 2.45) is 0 Å². The summed E-state index contributed by atoms with van der Waals surface area (Å²) in [6.45, 7) is 0. The molecule has 0 aliphatic rings. The van der Waals surface area contributed by atoms with Gasteiger partial charge in [-0.3, -0.25) is 0 Å². The van der Waals surface area contributed by atoms with E-state index < -0.39 is 0 Å². The molecule has 0 saturated carbocycles. The van der Waals surface area contributed by atoms with Gasteiger partial charge in [-0.15, -0.1) is 12.4 Å². The van der Waals surface area contributed by atoms with Gasteiger partial charge in [-0.2, -0.15) is 0 Å². The van der Waals surface area contributed by atoms with Gasteiger partial charge >= 0.3 is 0 Å². The molecule has 0 aromatic heterocycles. The van der Waals surface area contributed by atoms with Crippen LogP contribution < -0.4 is 0 Å². The first-order valence-corrected chi connectivity index (χ1v) is 21.7. The number of hydrogen-bond acceptors (Lipinski definition) is 0. The molecule has 0 aliphatic carbocycles. The summed E-state index contributed by atoms with van der Waals surface area (Å²) >= 11 is 0. The summed E-state index contributed by atoms with van der Waals surface area (Å²) in [7, 11) is 5.72. The van der Waals surface area contributed by atoms with Crippen molar-refractivity contribution in [3.05, 3.63) is 0 Å². The van der Waals surface area contributed by atoms with E-state index in [1.165, 1.54) is 0 Å². The van der Waals surface area contributed by atoms with Crippen LogP contribution >= 0.6 is 12.4 Å². The minimum atomic E-state index is 0. The molecule has 0 N–H and O–H groups in total. The number of hydrogen-bond donors (Lipinski definition) is 0. The smallest absolute Gasteiger partial charge is 0.00943 e. The topological polar surface area (TPSA) is 0 Å². The number of rotatable bonds is 2. The standard InChI is InChI=1S/ClH.H12Si5/c;1-3-5-4-2/h1H;3-5H2,1-2H3. The molecule has 0 radical (unpaired) electrons. The Kier molecular flexibility index (Phi) is 16.6. The Hall–Kier alpha value is 1.37. The van der Waals surface area contributed by atoms with Crippen molar-refractivity contribution in [1.82, 2.24) is 0 Å². The third-order valence-corrected chi connectivity index (χ3v) is 57.3. The molecule has 0 heterocycles. The normalized spacial score (nSPS) is 14.0. The molecule has 0 aliphatic heterocycles. The molecule has 6 heavy (non-hydrogen) atoms. The van der Waals surface area contributed by atoms with Gasteiger partial charge in [0.05, 0.1) is 0 Å². The van der Waals surface area contributed by atoms with Gasteiger partial charge in [0, 0.05) is 0 Å². The Balaban J connectivity index is 0. The Morgan fingerprint density at radius 3 is 1.33 bits per heavy atom. The third-order valence-electron chi connectivity index (χ3n) is 0.707. The van der Waals surface area contributed by atoms with E-state index in [-0.39, 0.29) is 12.4 Å². The van der Waals surface area contributed by atoms with Gasteiger partial charge < -0.3 is 0 Å². The van der Waals surface area contributed by atoms with Gasteiger partial charge in [-0.1, -0.05) is 0 Å². The maximum absolute atomic E-state index is 1.66. The van der Waals surface area contributed by atoms with E-state index in [0.29, 0.717) is 0 Å². The van der Waals surface area contributed by atoms with Gasteiger partial charge in [0.15, 0.2) is 0 Å². The molecule has 0 aromatic carbocycles. The molecule has 0 amide bonds. The van der Waals surface area contributed by atoms with E-state index in [1.54, 1.807) is 19.5 Å². The highest BCUT2D eigenvalue weighted by atomic mass is 35.5. The van der Waals surface area contributed by atoms with E-state index in [4.69, 9.17) is 0 Å². The summed E-state index contributed by atoms with van der Waals surface area (Å²) in [5.74, 6) is 0. The minimum Gasteiger partial charge on any atom is -0.147 e. The van der Waals surface area contributed by atoms with Crippen LogP contribution in [0.2, 0.25) is 0 Å². The molecular weight excluding hydrogens is 176 g/mol. The van der Waals surface area contributed by atoms with Crippen molar-refractivity contribution in [2.75, 3.05) is 0 Å². The second kappa shape index (κ2) is 9.62. The molecule has 0 saturated heterocycles. The summed E-state index contributed by atoms with van der Waals surface area (Å²) in [4.78, 5) is 0. The van der Waals surface area contributed by atoms with Gasteiger partial charge in [0.25, 0.3) is 0 Å². The quantitative estimate of drug-likeness (QED) is 0.383. The van der Waals surface area contributed by atoms with Crippen molar-refractivity contribution in [3.63, 3.8) is 0 Å². The predicted octanol–water partition coefficient (Wildman–Crippen LogP) is -4.69. The molecular formula is H13ClSi5. The van der Waals surface area contributed by atoms with Crippen molar-refractivity contribution < 1.29 is 0 Å². The van der Waals surface area contributed by atoms with Crippen LogP contribution in [0.1, 0.15) is 0 Å². The minimum absolute atomic E-state index is 0. The van der Waals surface area contributed by atoms with Crippen LogP contribution in [0.5, 0.6) is 0 Å². The van der Waals surface area contributed by atoms with Crippen LogP contribution in [0.4, 0.5) is 0 Å². The second-order valence-corrected chi connectivity index (χ2v) is 36.5. The fourth-order valence-electron chi connectivity index (χ4n) is 0.354. The SMILES string of the molecule is Cl.[SiH3][SiH2][SiH2][SiH2][SiH3]. The van der Waals surface area contributed by atoms with Crippen LogP contribution in [0, 0.1) is 0 Å². The van der Waals surface area contributed by atoms with Gasteiger partial charge in [-0.05, 0) is 45.2 Å². The van der Waals surface area contributed by atoms with Crippen LogP contribution in [0.3, 0.4) is 0 Å². The fourth-order valence-corrected chi connectivity index (χ4v) is 85.9. The van der Waals surface area contributed by atoms with Crippen LogP contribution in [0.25, 0.3) is 0 Å². The third kappa shape index (κ3) is 9.03. The lowest BCUT2D eigenvalue weighted by molar-refractivity contribution is 4.02. The van der Waals surface area contributed by atoms with Crippen molar-refractivity contribution >= 4 is 57.6 Å². The Bertz CT molecular complexity index is 11.4. The van der Waals surface area contributed by atoms with E-state index in [9.17, 15) is 0 Å². The summed E-state index contributed by atoms with van der Waals surface area (Å²) in [5.41, 5.74) is 0. The molecule has 0 unspecified atom stereocenters. The maximum atomic E-state index is 1.66. The van der Waals surface area contributed by atoms with E-state index >= 15 is 0 Å². The van der Waals surface area contributed by atoms with Crippen molar-refractivity contribution in [3.8, 4) is 0 Å². The summed E-state index contributed by atoms with van der Waals surface area (Å²) in [6, 6.07) is 0. The van der Waals surface area contributed by atoms with E-state index in [2.05, 4.69) is 0 Å². The number of halogens is 1. The Morgan fingerprint density at radius 2 is 1.33 bits per heavy atom. The molecule has 0 spiro atoms. The first kappa shape index (κ1) is 10.4. The van der Waals surface area contributed by atoms with Crippen LogP contribution in [-0.4, -0.2) is 45.2 Å². The summed E-state index contributed by atoms with van der Waals surface area (Å²) in [6.07, 6.45) is 0. The summed E-state index contributed by atoms with van der Waals surface area (Å²) in [5, 5.41) is 0. The Morgan fingerprint density at radius 1 is 1.00 bits per heavy atom.